The van der Waals surface area contributed by atoms with Crippen molar-refractivity contribution in [2.24, 2.45) is 5.73 Å². The third-order valence-electron chi connectivity index (χ3n) is 6.68. The average molecular weight is 500 g/mol. The number of aryl methyl sites for hydroxylation is 1. The van der Waals surface area contributed by atoms with Gasteiger partial charge in [0.05, 0.1) is 5.39 Å². The minimum Gasteiger partial charge on any atom is -0.384 e. The summed E-state index contributed by atoms with van der Waals surface area (Å²) < 4.78 is 7.18. The van der Waals surface area contributed by atoms with Crippen LogP contribution in [0.25, 0.3) is 16.7 Å². The predicted octanol–water partition coefficient (Wildman–Crippen LogP) is 2.63. The van der Waals surface area contributed by atoms with Gasteiger partial charge in [0, 0.05) is 37.1 Å². The maximum atomic E-state index is 13.3. The number of hydrogen-bond acceptors (Lipinski definition) is 8. The topological polar surface area (TPSA) is 141 Å². The number of fused-ring (bicyclic) bond motifs is 1. The minimum absolute atomic E-state index is 0.0347. The van der Waals surface area contributed by atoms with Gasteiger partial charge in [-0.25, -0.2) is 4.98 Å². The molecule has 37 heavy (non-hydrogen) atoms. The lowest BCUT2D eigenvalue weighted by Gasteiger charge is -2.37. The van der Waals surface area contributed by atoms with Crippen LogP contribution in [-0.4, -0.2) is 46.4 Å². The molecule has 2 aromatic carbocycles. The first-order valence-electron chi connectivity index (χ1n) is 12.1. The number of carbonyl (C=O) groups excluding carboxylic acids is 1. The number of anilines is 3. The molecular weight excluding hydrogens is 470 g/mol. The number of carbonyl (C=O) groups is 1. The fourth-order valence-electron chi connectivity index (χ4n) is 4.91. The number of nitrogens with two attached hydrogens (primary N) is 2. The van der Waals surface area contributed by atoms with Crippen molar-refractivity contribution in [1.29, 1.82) is 0 Å². The third-order valence-corrected chi connectivity index (χ3v) is 6.68. The number of nitrogens with one attached hydrogen (secondary N) is 1. The monoisotopic (exact) mass is 499 g/mol. The molecule has 2 aromatic heterocycles. The van der Waals surface area contributed by atoms with Gasteiger partial charge < -0.3 is 21.1 Å². The van der Waals surface area contributed by atoms with Crippen LogP contribution in [0.5, 0.6) is 0 Å². The van der Waals surface area contributed by atoms with Crippen LogP contribution in [0.4, 0.5) is 17.5 Å². The Morgan fingerprint density at radius 3 is 2.68 bits per heavy atom. The Bertz CT molecular complexity index is 1520. The Kier molecular flexibility index (Phi) is 6.60. The molecule has 4 aromatic rings. The number of primary amides is 1. The first kappa shape index (κ1) is 24.4. The SMILES string of the molecule is COC1CC(N(c2ccccc2)c2ncc3c(=O)c(C(N)=O)c(N)n(-c4cccc(C)c4)c3n2)CCN1. The van der Waals surface area contributed by atoms with Crippen molar-refractivity contribution >= 4 is 34.4 Å². The van der Waals surface area contributed by atoms with E-state index in [9.17, 15) is 9.59 Å². The normalized spacial score (nSPS) is 17.6. The molecule has 190 valence electrons. The zero-order valence-electron chi connectivity index (χ0n) is 20.7. The Labute approximate surface area is 213 Å². The van der Waals surface area contributed by atoms with Gasteiger partial charge >= 0.3 is 0 Å². The number of ether oxygens (including phenoxy) is 1. The standard InChI is InChI=1S/C27H29N7O3/c1-16-7-6-10-18(13-16)34-24(28)22(25(29)36)23(35)20-15-31-27(32-26(20)34)33(17-8-4-3-5-9-17)19-11-12-30-21(14-19)37-2/h3-10,13,15,19,21,30H,11-12,14,28H2,1-2H3,(H2,29,36). The summed E-state index contributed by atoms with van der Waals surface area (Å²) in [5.41, 5.74) is 13.9. The molecule has 1 saturated heterocycles. The second-order valence-electron chi connectivity index (χ2n) is 9.10. The van der Waals surface area contributed by atoms with E-state index >= 15 is 0 Å². The molecule has 2 unspecified atom stereocenters. The number of piperidine rings is 1. The number of nitrogens with zero attached hydrogens (tertiary/aromatic N) is 4. The number of hydrogen-bond donors (Lipinski definition) is 3. The molecule has 2 atom stereocenters. The fourth-order valence-corrected chi connectivity index (χ4v) is 4.91. The molecule has 1 aliphatic heterocycles. The van der Waals surface area contributed by atoms with Gasteiger partial charge in [-0.2, -0.15) is 4.98 Å². The summed E-state index contributed by atoms with van der Waals surface area (Å²) in [5, 5.41) is 3.51. The van der Waals surface area contributed by atoms with Crippen LogP contribution in [0.2, 0.25) is 0 Å². The summed E-state index contributed by atoms with van der Waals surface area (Å²) in [5.74, 6) is -0.554. The molecule has 1 fully saturated rings. The van der Waals surface area contributed by atoms with Crippen molar-refractivity contribution in [2.75, 3.05) is 24.3 Å². The second kappa shape index (κ2) is 10.00. The van der Waals surface area contributed by atoms with Gasteiger partial charge in [0.25, 0.3) is 5.91 Å². The van der Waals surface area contributed by atoms with Crippen LogP contribution in [0.15, 0.2) is 65.6 Å². The van der Waals surface area contributed by atoms with Crippen LogP contribution in [0.1, 0.15) is 28.8 Å². The maximum absolute atomic E-state index is 13.3. The molecular formula is C27H29N7O3. The summed E-state index contributed by atoms with van der Waals surface area (Å²) in [7, 11) is 1.68. The van der Waals surface area contributed by atoms with Crippen molar-refractivity contribution in [3.63, 3.8) is 0 Å². The largest absolute Gasteiger partial charge is 0.384 e. The zero-order valence-corrected chi connectivity index (χ0v) is 20.7. The van der Waals surface area contributed by atoms with E-state index in [4.69, 9.17) is 21.2 Å². The van der Waals surface area contributed by atoms with Gasteiger partial charge in [-0.3, -0.25) is 19.5 Å². The lowest BCUT2D eigenvalue weighted by Crippen LogP contribution is -2.47. The number of benzene rings is 2. The van der Waals surface area contributed by atoms with Crippen LogP contribution in [0.3, 0.4) is 0 Å². The van der Waals surface area contributed by atoms with Crippen LogP contribution >= 0.6 is 0 Å². The summed E-state index contributed by atoms with van der Waals surface area (Å²) in [6.45, 7) is 2.71. The molecule has 0 aliphatic carbocycles. The lowest BCUT2D eigenvalue weighted by atomic mass is 10.0. The number of methoxy groups -OCH3 is 1. The van der Waals surface area contributed by atoms with Gasteiger partial charge in [0.2, 0.25) is 11.4 Å². The Morgan fingerprint density at radius 1 is 1.19 bits per heavy atom. The van der Waals surface area contributed by atoms with Crippen LogP contribution in [0, 0.1) is 6.92 Å². The van der Waals surface area contributed by atoms with Gasteiger partial charge in [0.15, 0.2) is 5.65 Å². The minimum atomic E-state index is -0.902. The van der Waals surface area contributed by atoms with Crippen molar-refractivity contribution in [1.82, 2.24) is 19.9 Å². The highest BCUT2D eigenvalue weighted by atomic mass is 16.5. The first-order chi connectivity index (χ1) is 17.9. The van der Waals surface area contributed by atoms with E-state index in [0.29, 0.717) is 23.7 Å². The molecule has 0 spiro atoms. The molecule has 0 saturated carbocycles. The predicted molar refractivity (Wildman–Crippen MR) is 143 cm³/mol. The fraction of sp³-hybridized carbons (Fsp3) is 0.259. The van der Waals surface area contributed by atoms with E-state index in [1.807, 2.05) is 61.5 Å². The van der Waals surface area contributed by atoms with Crippen molar-refractivity contribution in [3.05, 3.63) is 82.1 Å². The smallest absolute Gasteiger partial charge is 0.256 e. The average Bonchev–Trinajstić information content (AvgIpc) is 2.89. The summed E-state index contributed by atoms with van der Waals surface area (Å²) >= 11 is 0. The van der Waals surface area contributed by atoms with E-state index in [-0.39, 0.29) is 29.0 Å². The van der Waals surface area contributed by atoms with E-state index < -0.39 is 11.3 Å². The van der Waals surface area contributed by atoms with Gasteiger partial charge in [0.1, 0.15) is 17.6 Å². The number of rotatable bonds is 6. The molecule has 1 amide bonds. The molecule has 1 aliphatic rings. The van der Waals surface area contributed by atoms with Crippen LogP contribution in [-0.2, 0) is 4.74 Å². The van der Waals surface area contributed by atoms with Gasteiger partial charge in [-0.1, -0.05) is 30.3 Å². The number of amides is 1. The van der Waals surface area contributed by atoms with Gasteiger partial charge in [-0.15, -0.1) is 0 Å². The molecule has 3 heterocycles. The zero-order chi connectivity index (χ0) is 26.1. The highest BCUT2D eigenvalue weighted by Gasteiger charge is 2.30. The molecule has 0 bridgehead atoms. The Hall–Kier alpha value is -4.28. The summed E-state index contributed by atoms with van der Waals surface area (Å²) in [6.07, 6.45) is 2.89. The quantitative estimate of drug-likeness (QED) is 0.368. The van der Waals surface area contributed by atoms with Crippen LogP contribution < -0.4 is 27.1 Å². The molecule has 10 heteroatoms. The summed E-state index contributed by atoms with van der Waals surface area (Å²) in [4.78, 5) is 37.0. The van der Waals surface area contributed by atoms with E-state index in [2.05, 4.69) is 15.2 Å². The highest BCUT2D eigenvalue weighted by molar-refractivity contribution is 6.01. The first-order valence-corrected chi connectivity index (χ1v) is 12.1. The Balaban J connectivity index is 1.77. The Morgan fingerprint density at radius 2 is 1.97 bits per heavy atom. The maximum Gasteiger partial charge on any atom is 0.256 e. The van der Waals surface area contributed by atoms with E-state index in [1.54, 1.807) is 11.7 Å². The van der Waals surface area contributed by atoms with Crippen molar-refractivity contribution in [2.45, 2.75) is 32.0 Å². The van der Waals surface area contributed by atoms with E-state index in [0.717, 1.165) is 24.2 Å². The number of nitrogen functional groups attached to an aromatic ring is 1. The second-order valence-corrected chi connectivity index (χ2v) is 9.10. The highest BCUT2D eigenvalue weighted by Crippen LogP contribution is 2.31. The number of aromatic nitrogens is 3. The molecule has 0 radical (unpaired) electrons. The summed E-state index contributed by atoms with van der Waals surface area (Å²) in [6, 6.07) is 17.4. The number of pyridine rings is 1. The molecule has 5 rings (SSSR count). The van der Waals surface area contributed by atoms with E-state index in [1.165, 1.54) is 6.20 Å². The third kappa shape index (κ3) is 4.52. The van der Waals surface area contributed by atoms with Crippen molar-refractivity contribution < 1.29 is 9.53 Å². The molecule has 10 nitrogen and oxygen atoms in total. The van der Waals surface area contributed by atoms with Gasteiger partial charge in [-0.05, 0) is 49.7 Å². The lowest BCUT2D eigenvalue weighted by molar-refractivity contribution is 0.0461. The molecule has 5 N–H and O–H groups in total. The van der Waals surface area contributed by atoms with Crippen molar-refractivity contribution in [3.8, 4) is 5.69 Å². The number of para-hydroxylation sites is 1.